The van der Waals surface area contributed by atoms with E-state index in [1.807, 2.05) is 0 Å². The Morgan fingerprint density at radius 1 is 1.48 bits per heavy atom. The molecule has 3 N–H and O–H groups in total. The molecule has 7 heteroatoms. The zero-order chi connectivity index (χ0) is 15.0. The molecule has 2 aliphatic rings. The van der Waals surface area contributed by atoms with Crippen molar-refractivity contribution in [3.63, 3.8) is 0 Å². The van der Waals surface area contributed by atoms with Gasteiger partial charge in [0.05, 0.1) is 11.6 Å². The highest BCUT2D eigenvalue weighted by molar-refractivity contribution is 8.13. The first-order valence-corrected chi connectivity index (χ1v) is 7.65. The Kier molecular flexibility index (Phi) is 3.62. The third kappa shape index (κ3) is 2.51. The van der Waals surface area contributed by atoms with Crippen LogP contribution in [0.1, 0.15) is 18.4 Å². The van der Waals surface area contributed by atoms with Crippen LogP contribution in [0.4, 0.5) is 9.18 Å². The summed E-state index contributed by atoms with van der Waals surface area (Å²) in [4.78, 5) is 15.3. The Morgan fingerprint density at radius 3 is 2.95 bits per heavy atom. The van der Waals surface area contributed by atoms with E-state index in [1.165, 1.54) is 17.8 Å². The van der Waals surface area contributed by atoms with Crippen molar-refractivity contribution in [3.8, 4) is 0 Å². The van der Waals surface area contributed by atoms with E-state index in [0.717, 1.165) is 0 Å². The number of nitrogens with one attached hydrogen (secondary N) is 1. The molecule has 5 nitrogen and oxygen atoms in total. The molecule has 1 aliphatic heterocycles. The van der Waals surface area contributed by atoms with Crippen molar-refractivity contribution in [3.05, 3.63) is 35.6 Å². The fourth-order valence-electron chi connectivity index (χ4n) is 3.23. The molecule has 1 fully saturated rings. The van der Waals surface area contributed by atoms with Gasteiger partial charge in [-0.3, -0.25) is 10.3 Å². The second-order valence-electron chi connectivity index (χ2n) is 5.35. The maximum atomic E-state index is 14.2. The monoisotopic (exact) mass is 310 g/mol. The normalized spacial score (nSPS) is 31.4. The van der Waals surface area contributed by atoms with Gasteiger partial charge in [0.15, 0.2) is 5.17 Å². The number of hydrogen-bond acceptors (Lipinski definition) is 4. The van der Waals surface area contributed by atoms with E-state index in [9.17, 15) is 14.3 Å². The van der Waals surface area contributed by atoms with E-state index >= 15 is 0 Å². The van der Waals surface area contributed by atoms with Gasteiger partial charge >= 0.3 is 6.09 Å². The van der Waals surface area contributed by atoms with Gasteiger partial charge in [-0.05, 0) is 12.5 Å². The minimum absolute atomic E-state index is 0.00579. The molecule has 3 atom stereocenters. The summed E-state index contributed by atoms with van der Waals surface area (Å²) in [7, 11) is 0. The molecular weight excluding hydrogens is 295 g/mol. The molecule has 1 aromatic rings. The molecule has 0 saturated heterocycles. The van der Waals surface area contributed by atoms with Crippen molar-refractivity contribution >= 4 is 23.0 Å². The molecule has 1 aromatic carbocycles. The molecule has 0 radical (unpaired) electrons. The third-order valence-electron chi connectivity index (χ3n) is 4.06. The summed E-state index contributed by atoms with van der Waals surface area (Å²) in [5, 5.41) is 21.4. The van der Waals surface area contributed by atoms with Gasteiger partial charge in [-0.15, -0.1) is 0 Å². The summed E-state index contributed by atoms with van der Waals surface area (Å²) in [6.45, 7) is 0. The zero-order valence-corrected chi connectivity index (χ0v) is 11.9. The number of fused-ring (bicyclic) bond motifs is 1. The number of aliphatic hydroxyl groups excluding tert-OH is 1. The fraction of sp³-hybridized carbons (Fsp3) is 0.429. The van der Waals surface area contributed by atoms with Crippen LogP contribution >= 0.6 is 11.8 Å². The summed E-state index contributed by atoms with van der Waals surface area (Å²) in [6.07, 6.45) is -0.889. The van der Waals surface area contributed by atoms with E-state index in [1.54, 1.807) is 18.2 Å². The number of carbonyl (C=O) groups is 1. The fourth-order valence-corrected chi connectivity index (χ4v) is 4.38. The number of nitrogens with zero attached hydrogens (tertiary/aromatic N) is 1. The number of rotatable bonds is 1. The molecule has 1 aliphatic carbocycles. The number of amides is 1. The molecule has 1 heterocycles. The first kappa shape index (κ1) is 14.3. The van der Waals surface area contributed by atoms with Crippen LogP contribution in [0.3, 0.4) is 0 Å². The molecular formula is C14H15FN2O3S. The van der Waals surface area contributed by atoms with Crippen molar-refractivity contribution in [1.29, 1.82) is 0 Å². The first-order valence-electron chi connectivity index (χ1n) is 6.67. The predicted molar refractivity (Wildman–Crippen MR) is 77.9 cm³/mol. The average Bonchev–Trinajstić information content (AvgIpc) is 2.74. The molecule has 1 amide bonds. The standard InChI is InChI=1S/C14H15FN2O3S/c15-11-4-2-1-3-10(11)14-6-9(18)5-8(14)7-21-12(17-14)16-13(19)20/h1-4,8-9,18H,5-7H2,(H,16,17)(H,19,20). The highest BCUT2D eigenvalue weighted by Gasteiger charge is 2.51. The van der Waals surface area contributed by atoms with Crippen molar-refractivity contribution in [2.45, 2.75) is 24.5 Å². The van der Waals surface area contributed by atoms with Crippen molar-refractivity contribution < 1.29 is 19.4 Å². The summed E-state index contributed by atoms with van der Waals surface area (Å²) < 4.78 is 14.2. The van der Waals surface area contributed by atoms with Gasteiger partial charge < -0.3 is 10.2 Å². The van der Waals surface area contributed by atoms with Crippen LogP contribution in [-0.2, 0) is 5.54 Å². The number of benzene rings is 1. The summed E-state index contributed by atoms with van der Waals surface area (Å²) in [5.41, 5.74) is -0.454. The van der Waals surface area contributed by atoms with Gasteiger partial charge in [0, 0.05) is 23.7 Å². The smallest absolute Gasteiger partial charge is 0.410 e. The summed E-state index contributed by atoms with van der Waals surface area (Å²) >= 11 is 1.29. The van der Waals surface area contributed by atoms with Gasteiger partial charge in [0.2, 0.25) is 0 Å². The van der Waals surface area contributed by atoms with Crippen LogP contribution in [0.15, 0.2) is 29.3 Å². The Bertz CT molecular complexity index is 610. The predicted octanol–water partition coefficient (Wildman–Crippen LogP) is 2.16. The lowest BCUT2D eigenvalue weighted by Crippen LogP contribution is -2.40. The number of aliphatic imine (C=N–C) groups is 1. The first-order chi connectivity index (χ1) is 10.0. The highest BCUT2D eigenvalue weighted by atomic mass is 32.2. The SMILES string of the molecule is O=C(O)NC1=NC2(c3ccccc3F)CC(O)CC2CS1. The van der Waals surface area contributed by atoms with Crippen molar-refractivity contribution in [1.82, 2.24) is 5.32 Å². The van der Waals surface area contributed by atoms with Crippen molar-refractivity contribution in [2.75, 3.05) is 5.75 Å². The van der Waals surface area contributed by atoms with Crippen LogP contribution in [0.25, 0.3) is 0 Å². The molecule has 21 heavy (non-hydrogen) atoms. The highest BCUT2D eigenvalue weighted by Crippen LogP contribution is 2.51. The number of thioether (sulfide) groups is 1. The van der Waals surface area contributed by atoms with Crippen molar-refractivity contribution in [2.24, 2.45) is 10.9 Å². The molecule has 3 unspecified atom stereocenters. The van der Waals surface area contributed by atoms with E-state index in [4.69, 9.17) is 5.11 Å². The molecule has 0 bridgehead atoms. The molecule has 0 spiro atoms. The Labute approximate surface area is 125 Å². The number of amidine groups is 1. The largest absolute Gasteiger partial charge is 0.465 e. The van der Waals surface area contributed by atoms with Gasteiger partial charge in [-0.1, -0.05) is 30.0 Å². The molecule has 112 valence electrons. The number of aliphatic hydroxyl groups is 1. The lowest BCUT2D eigenvalue weighted by molar-refractivity contribution is 0.173. The molecule has 1 saturated carbocycles. The van der Waals surface area contributed by atoms with Gasteiger partial charge in [-0.2, -0.15) is 0 Å². The summed E-state index contributed by atoms with van der Waals surface area (Å²) in [5.74, 6) is 0.223. The third-order valence-corrected chi connectivity index (χ3v) is 5.09. The van der Waals surface area contributed by atoms with Gasteiger partial charge in [0.1, 0.15) is 5.82 Å². The minimum Gasteiger partial charge on any atom is -0.465 e. The molecule has 3 rings (SSSR count). The van der Waals surface area contributed by atoms with Crippen LogP contribution in [0.2, 0.25) is 0 Å². The second kappa shape index (κ2) is 5.31. The Balaban J connectivity index is 2.08. The summed E-state index contributed by atoms with van der Waals surface area (Å²) in [6, 6.07) is 6.37. The second-order valence-corrected chi connectivity index (χ2v) is 6.36. The quantitative estimate of drug-likeness (QED) is 0.742. The van der Waals surface area contributed by atoms with Crippen LogP contribution in [0.5, 0.6) is 0 Å². The average molecular weight is 310 g/mol. The zero-order valence-electron chi connectivity index (χ0n) is 11.1. The maximum absolute atomic E-state index is 14.2. The van der Waals surface area contributed by atoms with Crippen LogP contribution < -0.4 is 5.32 Å². The van der Waals surface area contributed by atoms with E-state index < -0.39 is 17.7 Å². The van der Waals surface area contributed by atoms with Crippen LogP contribution in [0, 0.1) is 11.7 Å². The number of carboxylic acid groups (broad SMARTS) is 1. The number of halogens is 1. The topological polar surface area (TPSA) is 81.9 Å². The van der Waals surface area contributed by atoms with Crippen LogP contribution in [-0.4, -0.2) is 33.3 Å². The van der Waals surface area contributed by atoms with E-state index in [0.29, 0.717) is 24.2 Å². The lowest BCUT2D eigenvalue weighted by Gasteiger charge is -2.36. The Hall–Kier alpha value is -1.60. The molecule has 0 aromatic heterocycles. The lowest BCUT2D eigenvalue weighted by atomic mass is 9.81. The van der Waals surface area contributed by atoms with Gasteiger partial charge in [0.25, 0.3) is 0 Å². The maximum Gasteiger partial charge on any atom is 0.410 e. The number of hydrogen-bond donors (Lipinski definition) is 3. The van der Waals surface area contributed by atoms with E-state index in [2.05, 4.69) is 10.3 Å². The van der Waals surface area contributed by atoms with Gasteiger partial charge in [-0.25, -0.2) is 9.18 Å². The minimum atomic E-state index is -1.19. The van der Waals surface area contributed by atoms with E-state index in [-0.39, 0.29) is 16.9 Å². The Morgan fingerprint density at radius 2 is 2.24 bits per heavy atom.